The summed E-state index contributed by atoms with van der Waals surface area (Å²) in [6.45, 7) is -0.844. The highest BCUT2D eigenvalue weighted by Gasteiger charge is 2.36. The standard InChI is InChI=1S/C30H38F4O/c1-2-3-4-5-6-7-20-8-9-22-17-23(11-10-21(22)16-20)24-12-14-26(27(31)18-24)25-13-15-29(28(32)19-25)35-30(33)34/h12-15,18-23,30H,2-11,16-17H2,1H3/t20?,21-,22-,23-/m1/s1. The van der Waals surface area contributed by atoms with Gasteiger partial charge >= 0.3 is 6.61 Å². The molecule has 0 amide bonds. The molecule has 2 aliphatic rings. The van der Waals surface area contributed by atoms with Crippen LogP contribution in [-0.2, 0) is 0 Å². The number of hydrogen-bond acceptors (Lipinski definition) is 1. The van der Waals surface area contributed by atoms with Crippen LogP contribution >= 0.6 is 0 Å². The lowest BCUT2D eigenvalue weighted by atomic mass is 9.63. The van der Waals surface area contributed by atoms with Gasteiger partial charge in [-0.15, -0.1) is 0 Å². The molecule has 5 heteroatoms. The minimum atomic E-state index is -3.10. The number of hydrogen-bond donors (Lipinski definition) is 0. The van der Waals surface area contributed by atoms with Crippen molar-refractivity contribution in [2.45, 2.75) is 96.5 Å². The molecule has 35 heavy (non-hydrogen) atoms. The number of benzene rings is 2. The molecule has 2 aromatic rings. The van der Waals surface area contributed by atoms with Crippen LogP contribution in [0, 0.1) is 29.4 Å². The molecule has 2 aromatic carbocycles. The first kappa shape index (κ1) is 26.0. The lowest BCUT2D eigenvalue weighted by Gasteiger charge is -2.42. The normalized spacial score (nSPS) is 24.4. The Morgan fingerprint density at radius 2 is 1.60 bits per heavy atom. The van der Waals surface area contributed by atoms with Gasteiger partial charge in [-0.3, -0.25) is 0 Å². The molecule has 0 aliphatic heterocycles. The van der Waals surface area contributed by atoms with Gasteiger partial charge in [-0.2, -0.15) is 8.78 Å². The zero-order valence-corrected chi connectivity index (χ0v) is 20.8. The van der Waals surface area contributed by atoms with E-state index in [1.165, 1.54) is 70.3 Å². The molecular formula is C30H38F4O. The van der Waals surface area contributed by atoms with Gasteiger partial charge in [0.1, 0.15) is 5.82 Å². The van der Waals surface area contributed by atoms with Crippen molar-refractivity contribution in [1.29, 1.82) is 0 Å². The molecule has 1 unspecified atom stereocenters. The number of fused-ring (bicyclic) bond motifs is 1. The molecule has 1 nitrogen and oxygen atoms in total. The van der Waals surface area contributed by atoms with Gasteiger partial charge in [-0.25, -0.2) is 8.78 Å². The average molecular weight is 491 g/mol. The maximum atomic E-state index is 15.0. The molecule has 0 saturated heterocycles. The van der Waals surface area contributed by atoms with Crippen LogP contribution in [0.1, 0.15) is 95.5 Å². The van der Waals surface area contributed by atoms with Crippen LogP contribution in [0.5, 0.6) is 5.75 Å². The molecule has 4 rings (SSSR count). The maximum Gasteiger partial charge on any atom is 0.387 e. The molecule has 2 fully saturated rings. The number of ether oxygens (including phenoxy) is 1. The third-order valence-corrected chi connectivity index (χ3v) is 8.36. The summed E-state index contributed by atoms with van der Waals surface area (Å²) >= 11 is 0. The number of halogens is 4. The monoisotopic (exact) mass is 490 g/mol. The highest BCUT2D eigenvalue weighted by molar-refractivity contribution is 5.65. The van der Waals surface area contributed by atoms with Crippen LogP contribution in [0.25, 0.3) is 11.1 Å². The Balaban J connectivity index is 1.33. The predicted octanol–water partition coefficient (Wildman–Crippen LogP) is 9.89. The largest absolute Gasteiger partial charge is 0.432 e. The Hall–Kier alpha value is -2.04. The Morgan fingerprint density at radius 1 is 0.829 bits per heavy atom. The fourth-order valence-corrected chi connectivity index (χ4v) is 6.47. The summed E-state index contributed by atoms with van der Waals surface area (Å²) in [5.41, 5.74) is 1.59. The first-order valence-electron chi connectivity index (χ1n) is 13.5. The van der Waals surface area contributed by atoms with Gasteiger partial charge in [0.15, 0.2) is 11.6 Å². The highest BCUT2D eigenvalue weighted by Crippen LogP contribution is 2.48. The van der Waals surface area contributed by atoms with Crippen molar-refractivity contribution in [1.82, 2.24) is 0 Å². The highest BCUT2D eigenvalue weighted by atomic mass is 19.3. The lowest BCUT2D eigenvalue weighted by molar-refractivity contribution is -0.0521. The molecule has 0 aromatic heterocycles. The van der Waals surface area contributed by atoms with Gasteiger partial charge < -0.3 is 4.74 Å². The van der Waals surface area contributed by atoms with Gasteiger partial charge in [0, 0.05) is 5.56 Å². The van der Waals surface area contributed by atoms with E-state index in [4.69, 9.17) is 0 Å². The molecular weight excluding hydrogens is 452 g/mol. The Kier molecular flexibility index (Phi) is 9.13. The van der Waals surface area contributed by atoms with Crippen molar-refractivity contribution in [3.63, 3.8) is 0 Å². The van der Waals surface area contributed by atoms with E-state index in [2.05, 4.69) is 11.7 Å². The van der Waals surface area contributed by atoms with Crippen LogP contribution in [-0.4, -0.2) is 6.61 Å². The third kappa shape index (κ3) is 6.80. The van der Waals surface area contributed by atoms with E-state index in [0.717, 1.165) is 48.3 Å². The van der Waals surface area contributed by atoms with Crippen LogP contribution in [0.15, 0.2) is 36.4 Å². The van der Waals surface area contributed by atoms with Crippen molar-refractivity contribution >= 4 is 0 Å². The molecule has 0 heterocycles. The second-order valence-electron chi connectivity index (χ2n) is 10.7. The fourth-order valence-electron chi connectivity index (χ4n) is 6.47. The third-order valence-electron chi connectivity index (χ3n) is 8.36. The number of alkyl halides is 2. The van der Waals surface area contributed by atoms with E-state index in [0.29, 0.717) is 11.5 Å². The van der Waals surface area contributed by atoms with E-state index >= 15 is 4.39 Å². The fraction of sp³-hybridized carbons (Fsp3) is 0.600. The van der Waals surface area contributed by atoms with Crippen LogP contribution in [0.3, 0.4) is 0 Å². The quantitative estimate of drug-likeness (QED) is 0.238. The minimum Gasteiger partial charge on any atom is -0.432 e. The first-order chi connectivity index (χ1) is 16.9. The molecule has 2 saturated carbocycles. The molecule has 0 radical (unpaired) electrons. The molecule has 4 atom stereocenters. The summed E-state index contributed by atoms with van der Waals surface area (Å²) in [4.78, 5) is 0. The lowest BCUT2D eigenvalue weighted by Crippen LogP contribution is -2.30. The van der Waals surface area contributed by atoms with E-state index in [9.17, 15) is 13.2 Å². The predicted molar refractivity (Wildman–Crippen MR) is 133 cm³/mol. The van der Waals surface area contributed by atoms with Crippen molar-refractivity contribution in [3.8, 4) is 16.9 Å². The second-order valence-corrected chi connectivity index (χ2v) is 10.7. The Morgan fingerprint density at radius 3 is 2.34 bits per heavy atom. The zero-order chi connectivity index (χ0) is 24.8. The Labute approximate surface area is 207 Å². The molecule has 0 bridgehead atoms. The van der Waals surface area contributed by atoms with E-state index < -0.39 is 24.0 Å². The van der Waals surface area contributed by atoms with Crippen LogP contribution in [0.4, 0.5) is 17.6 Å². The summed E-state index contributed by atoms with van der Waals surface area (Å²) in [5, 5.41) is 0. The topological polar surface area (TPSA) is 9.23 Å². The van der Waals surface area contributed by atoms with Crippen LogP contribution in [0.2, 0.25) is 0 Å². The average Bonchev–Trinajstić information content (AvgIpc) is 2.84. The van der Waals surface area contributed by atoms with Gasteiger partial charge in [-0.05, 0) is 85.1 Å². The van der Waals surface area contributed by atoms with Crippen molar-refractivity contribution in [2.75, 3.05) is 0 Å². The van der Waals surface area contributed by atoms with E-state index in [-0.39, 0.29) is 5.56 Å². The number of unbranched alkanes of at least 4 members (excludes halogenated alkanes) is 4. The minimum absolute atomic E-state index is 0.268. The van der Waals surface area contributed by atoms with Crippen molar-refractivity contribution in [2.24, 2.45) is 17.8 Å². The second kappa shape index (κ2) is 12.3. The van der Waals surface area contributed by atoms with E-state index in [1.807, 2.05) is 6.07 Å². The summed E-state index contributed by atoms with van der Waals surface area (Å²) in [7, 11) is 0. The van der Waals surface area contributed by atoms with Gasteiger partial charge in [0.05, 0.1) is 0 Å². The molecule has 192 valence electrons. The summed E-state index contributed by atoms with van der Waals surface area (Å²) in [6, 6.07) is 8.80. The summed E-state index contributed by atoms with van der Waals surface area (Å²) < 4.78 is 58.0. The summed E-state index contributed by atoms with van der Waals surface area (Å²) in [5.74, 6) is 0.947. The first-order valence-corrected chi connectivity index (χ1v) is 13.5. The van der Waals surface area contributed by atoms with Gasteiger partial charge in [0.25, 0.3) is 0 Å². The molecule has 0 spiro atoms. The molecule has 0 N–H and O–H groups in total. The Bertz CT molecular complexity index is 959. The van der Waals surface area contributed by atoms with E-state index in [1.54, 1.807) is 12.1 Å². The maximum absolute atomic E-state index is 15.0. The SMILES string of the molecule is CCCCCCCC1CC[C@@H]2C[C@H](c3ccc(-c4ccc(OC(F)F)c(F)c4)c(F)c3)CC[C@@H]2C1. The van der Waals surface area contributed by atoms with Gasteiger partial charge in [0.2, 0.25) is 0 Å². The van der Waals surface area contributed by atoms with Crippen molar-refractivity contribution < 1.29 is 22.3 Å². The molecule has 2 aliphatic carbocycles. The van der Waals surface area contributed by atoms with Crippen LogP contribution < -0.4 is 4.74 Å². The number of rotatable bonds is 10. The summed E-state index contributed by atoms with van der Waals surface area (Å²) in [6.07, 6.45) is 15.6. The van der Waals surface area contributed by atoms with Gasteiger partial charge in [-0.1, -0.05) is 70.1 Å². The zero-order valence-electron chi connectivity index (χ0n) is 20.8. The smallest absolute Gasteiger partial charge is 0.387 e. The van der Waals surface area contributed by atoms with Crippen molar-refractivity contribution in [3.05, 3.63) is 53.6 Å².